The van der Waals surface area contributed by atoms with Crippen LogP contribution in [0.4, 0.5) is 5.69 Å². The Kier molecular flexibility index (Phi) is 5.08. The molecule has 2 aromatic rings. The lowest BCUT2D eigenvalue weighted by Gasteiger charge is -2.37. The van der Waals surface area contributed by atoms with Gasteiger partial charge in [0.1, 0.15) is 6.33 Å². The van der Waals surface area contributed by atoms with Gasteiger partial charge in [0, 0.05) is 50.7 Å². The van der Waals surface area contributed by atoms with Crippen LogP contribution in [0.1, 0.15) is 23.1 Å². The molecule has 1 fully saturated rings. The molecule has 1 aliphatic rings. The van der Waals surface area contributed by atoms with E-state index in [1.165, 1.54) is 23.1 Å². The van der Waals surface area contributed by atoms with Gasteiger partial charge in [0.2, 0.25) is 5.91 Å². The number of rotatable bonds is 4. The monoisotopic (exact) mass is 324 g/mol. The van der Waals surface area contributed by atoms with E-state index in [9.17, 15) is 4.79 Å². The summed E-state index contributed by atoms with van der Waals surface area (Å²) in [5.41, 5.74) is 4.96. The summed E-state index contributed by atoms with van der Waals surface area (Å²) in [7, 11) is 0. The molecule has 0 atom stereocenters. The maximum Gasteiger partial charge on any atom is 0.223 e. The lowest BCUT2D eigenvalue weighted by molar-refractivity contribution is -0.131. The number of hydrogen-bond donors (Lipinski definition) is 0. The number of carbonyl (C=O) groups is 1. The molecule has 3 rings (SSSR count). The molecule has 0 bridgehead atoms. The smallest absolute Gasteiger partial charge is 0.223 e. The van der Waals surface area contributed by atoms with E-state index in [1.54, 1.807) is 12.4 Å². The van der Waals surface area contributed by atoms with Crippen molar-refractivity contribution < 1.29 is 4.79 Å². The first-order chi connectivity index (χ1) is 11.6. The summed E-state index contributed by atoms with van der Waals surface area (Å²) < 4.78 is 0. The van der Waals surface area contributed by atoms with Gasteiger partial charge in [-0.3, -0.25) is 4.79 Å². The molecule has 0 saturated carbocycles. The van der Waals surface area contributed by atoms with Crippen LogP contribution < -0.4 is 4.90 Å². The summed E-state index contributed by atoms with van der Waals surface area (Å²) in [4.78, 5) is 24.7. The fourth-order valence-electron chi connectivity index (χ4n) is 3.14. The molecule has 1 saturated heterocycles. The molecule has 1 aliphatic heterocycles. The van der Waals surface area contributed by atoms with E-state index in [-0.39, 0.29) is 5.91 Å². The number of hydrogen-bond acceptors (Lipinski definition) is 4. The largest absolute Gasteiger partial charge is 0.368 e. The van der Waals surface area contributed by atoms with Gasteiger partial charge in [-0.2, -0.15) is 0 Å². The van der Waals surface area contributed by atoms with Crippen LogP contribution in [0.3, 0.4) is 0 Å². The van der Waals surface area contributed by atoms with Crippen molar-refractivity contribution in [2.45, 2.75) is 26.7 Å². The van der Waals surface area contributed by atoms with E-state index >= 15 is 0 Å². The molecule has 126 valence electrons. The Hall–Kier alpha value is -2.43. The zero-order chi connectivity index (χ0) is 16.9. The molecule has 5 heteroatoms. The average Bonchev–Trinajstić information content (AvgIpc) is 2.63. The molecule has 0 unspecified atom stereocenters. The fraction of sp³-hybridized carbons (Fsp3) is 0.421. The van der Waals surface area contributed by atoms with E-state index in [2.05, 4.69) is 46.9 Å². The van der Waals surface area contributed by atoms with Crippen molar-refractivity contribution in [2.75, 3.05) is 31.1 Å². The number of piperazine rings is 1. The van der Waals surface area contributed by atoms with Crippen LogP contribution >= 0.6 is 0 Å². The zero-order valence-electron chi connectivity index (χ0n) is 14.4. The van der Waals surface area contributed by atoms with Crippen LogP contribution in [-0.4, -0.2) is 47.0 Å². The third kappa shape index (κ3) is 3.72. The van der Waals surface area contributed by atoms with Gasteiger partial charge >= 0.3 is 0 Å². The van der Waals surface area contributed by atoms with E-state index in [0.717, 1.165) is 31.7 Å². The normalized spacial score (nSPS) is 14.8. The van der Waals surface area contributed by atoms with Crippen molar-refractivity contribution in [1.82, 2.24) is 14.9 Å². The first-order valence-corrected chi connectivity index (χ1v) is 8.48. The van der Waals surface area contributed by atoms with Crippen molar-refractivity contribution in [1.29, 1.82) is 0 Å². The highest BCUT2D eigenvalue weighted by Crippen LogP contribution is 2.24. The number of amides is 1. The second-order valence-corrected chi connectivity index (χ2v) is 6.33. The molecular formula is C19H24N4O. The Morgan fingerprint density at radius 3 is 2.50 bits per heavy atom. The molecule has 0 radical (unpaired) electrons. The molecule has 0 spiro atoms. The molecule has 0 N–H and O–H groups in total. The number of aromatic nitrogens is 2. The van der Waals surface area contributed by atoms with Gasteiger partial charge in [0.25, 0.3) is 0 Å². The summed E-state index contributed by atoms with van der Waals surface area (Å²) >= 11 is 0. The predicted molar refractivity (Wildman–Crippen MR) is 95.1 cm³/mol. The second kappa shape index (κ2) is 7.43. The van der Waals surface area contributed by atoms with Gasteiger partial charge in [-0.1, -0.05) is 12.1 Å². The highest BCUT2D eigenvalue weighted by Gasteiger charge is 2.22. The maximum absolute atomic E-state index is 12.4. The highest BCUT2D eigenvalue weighted by molar-refractivity contribution is 5.76. The molecule has 0 aliphatic carbocycles. The van der Waals surface area contributed by atoms with Gasteiger partial charge in [0.05, 0.1) is 0 Å². The lowest BCUT2D eigenvalue weighted by atomic mass is 10.1. The van der Waals surface area contributed by atoms with Crippen LogP contribution in [0.15, 0.2) is 36.9 Å². The van der Waals surface area contributed by atoms with Crippen LogP contribution in [0.25, 0.3) is 0 Å². The van der Waals surface area contributed by atoms with Crippen molar-refractivity contribution in [3.8, 4) is 0 Å². The van der Waals surface area contributed by atoms with E-state index in [4.69, 9.17) is 0 Å². The molecule has 1 aromatic carbocycles. The Balaban J connectivity index is 1.53. The van der Waals surface area contributed by atoms with Crippen molar-refractivity contribution in [3.63, 3.8) is 0 Å². The van der Waals surface area contributed by atoms with Gasteiger partial charge in [0.15, 0.2) is 0 Å². The topological polar surface area (TPSA) is 49.3 Å². The SMILES string of the molecule is Cc1cccc(N2CCN(C(=O)CCc3cncnc3)CC2)c1C. The molecule has 5 nitrogen and oxygen atoms in total. The Labute approximate surface area is 143 Å². The van der Waals surface area contributed by atoms with E-state index in [0.29, 0.717) is 12.8 Å². The van der Waals surface area contributed by atoms with Gasteiger partial charge in [-0.05, 0) is 43.0 Å². The minimum absolute atomic E-state index is 0.222. The van der Waals surface area contributed by atoms with Crippen LogP contribution in [0.5, 0.6) is 0 Å². The number of nitrogens with zero attached hydrogens (tertiary/aromatic N) is 4. The number of carbonyl (C=O) groups excluding carboxylic acids is 1. The van der Waals surface area contributed by atoms with Gasteiger partial charge < -0.3 is 9.80 Å². The number of anilines is 1. The minimum atomic E-state index is 0.222. The molecular weight excluding hydrogens is 300 g/mol. The lowest BCUT2D eigenvalue weighted by Crippen LogP contribution is -2.49. The third-order valence-electron chi connectivity index (χ3n) is 4.79. The predicted octanol–water partition coefficient (Wildman–Crippen LogP) is 2.37. The van der Waals surface area contributed by atoms with Crippen LogP contribution in [0.2, 0.25) is 0 Å². The fourth-order valence-corrected chi connectivity index (χ4v) is 3.14. The molecule has 24 heavy (non-hydrogen) atoms. The summed E-state index contributed by atoms with van der Waals surface area (Å²) in [6, 6.07) is 6.43. The molecule has 2 heterocycles. The summed E-state index contributed by atoms with van der Waals surface area (Å²) in [6.45, 7) is 7.68. The standard InChI is InChI=1S/C19H24N4O/c1-15-4-3-5-18(16(15)2)22-8-10-23(11-9-22)19(24)7-6-17-12-20-14-21-13-17/h3-5,12-14H,6-11H2,1-2H3. The number of aryl methyl sites for hydroxylation is 2. The molecule has 1 amide bonds. The van der Waals surface area contributed by atoms with Crippen molar-refractivity contribution in [3.05, 3.63) is 53.6 Å². The summed E-state index contributed by atoms with van der Waals surface area (Å²) in [5.74, 6) is 0.222. The third-order valence-corrected chi connectivity index (χ3v) is 4.79. The quantitative estimate of drug-likeness (QED) is 0.866. The van der Waals surface area contributed by atoms with Crippen LogP contribution in [-0.2, 0) is 11.2 Å². The second-order valence-electron chi connectivity index (χ2n) is 6.33. The van der Waals surface area contributed by atoms with Crippen molar-refractivity contribution in [2.24, 2.45) is 0 Å². The first kappa shape index (κ1) is 16.4. The Morgan fingerprint density at radius 2 is 1.79 bits per heavy atom. The molecule has 1 aromatic heterocycles. The average molecular weight is 324 g/mol. The van der Waals surface area contributed by atoms with Crippen LogP contribution in [0, 0.1) is 13.8 Å². The minimum Gasteiger partial charge on any atom is -0.368 e. The van der Waals surface area contributed by atoms with Crippen molar-refractivity contribution >= 4 is 11.6 Å². The van der Waals surface area contributed by atoms with Gasteiger partial charge in [-0.15, -0.1) is 0 Å². The first-order valence-electron chi connectivity index (χ1n) is 8.48. The Bertz CT molecular complexity index is 694. The van der Waals surface area contributed by atoms with E-state index in [1.807, 2.05) is 4.90 Å². The maximum atomic E-state index is 12.4. The Morgan fingerprint density at radius 1 is 1.08 bits per heavy atom. The van der Waals surface area contributed by atoms with Gasteiger partial charge in [-0.25, -0.2) is 9.97 Å². The number of benzene rings is 1. The summed E-state index contributed by atoms with van der Waals surface area (Å²) in [5, 5.41) is 0. The zero-order valence-corrected chi connectivity index (χ0v) is 14.4. The highest BCUT2D eigenvalue weighted by atomic mass is 16.2. The summed E-state index contributed by atoms with van der Waals surface area (Å²) in [6.07, 6.45) is 6.29. The van der Waals surface area contributed by atoms with E-state index < -0.39 is 0 Å².